The number of hydrogen-bond acceptors (Lipinski definition) is 6. The molecule has 3 aromatic rings. The van der Waals surface area contributed by atoms with Gasteiger partial charge in [0, 0.05) is 25.0 Å². The molecule has 0 aliphatic carbocycles. The molecule has 10 heteroatoms. The average molecular weight is 463 g/mol. The van der Waals surface area contributed by atoms with E-state index < -0.39 is 29.0 Å². The van der Waals surface area contributed by atoms with Crippen LogP contribution in [0, 0.1) is 5.82 Å². The molecule has 0 bridgehead atoms. The summed E-state index contributed by atoms with van der Waals surface area (Å²) in [7, 11) is 1.31. The molecular formula is C24H18FN3O6. The molecule has 34 heavy (non-hydrogen) atoms. The molecule has 1 saturated heterocycles. The topological polar surface area (TPSA) is 118 Å². The van der Waals surface area contributed by atoms with Crippen LogP contribution in [0.15, 0.2) is 34.7 Å². The highest BCUT2D eigenvalue weighted by molar-refractivity contribution is 6.12. The smallest absolute Gasteiger partial charge is 0.257 e. The van der Waals surface area contributed by atoms with Crippen LogP contribution in [0.5, 0.6) is 5.75 Å². The zero-order valence-electron chi connectivity index (χ0n) is 18.0. The van der Waals surface area contributed by atoms with E-state index in [0.717, 1.165) is 5.56 Å². The predicted molar refractivity (Wildman–Crippen MR) is 115 cm³/mol. The average Bonchev–Trinajstić information content (AvgIpc) is 3.54. The summed E-state index contributed by atoms with van der Waals surface area (Å²) in [4.78, 5) is 52.2. The highest BCUT2D eigenvalue weighted by Gasteiger charge is 2.53. The van der Waals surface area contributed by atoms with E-state index in [1.165, 1.54) is 18.1 Å². The van der Waals surface area contributed by atoms with Crippen molar-refractivity contribution in [2.24, 2.45) is 0 Å². The first-order valence-electron chi connectivity index (χ1n) is 10.7. The molecule has 4 heterocycles. The van der Waals surface area contributed by atoms with Crippen molar-refractivity contribution < 1.29 is 32.7 Å². The number of rotatable bonds is 4. The predicted octanol–water partition coefficient (Wildman–Crippen LogP) is 1.76. The van der Waals surface area contributed by atoms with Crippen molar-refractivity contribution in [3.8, 4) is 5.75 Å². The molecule has 1 aromatic heterocycles. The van der Waals surface area contributed by atoms with E-state index in [9.17, 15) is 23.6 Å². The lowest BCUT2D eigenvalue weighted by Gasteiger charge is -2.28. The van der Waals surface area contributed by atoms with Crippen LogP contribution in [0.2, 0.25) is 0 Å². The molecular weight excluding hydrogens is 445 g/mol. The quantitative estimate of drug-likeness (QED) is 0.570. The molecule has 0 saturated carbocycles. The molecule has 3 aliphatic heterocycles. The number of imide groups is 1. The van der Waals surface area contributed by atoms with Crippen LogP contribution in [-0.4, -0.2) is 42.2 Å². The molecule has 0 unspecified atom stereocenters. The Bertz CT molecular complexity index is 1460. The first kappa shape index (κ1) is 20.4. The van der Waals surface area contributed by atoms with E-state index >= 15 is 0 Å². The Morgan fingerprint density at radius 2 is 1.91 bits per heavy atom. The summed E-state index contributed by atoms with van der Waals surface area (Å²) in [5.74, 6) is -2.62. The summed E-state index contributed by atoms with van der Waals surface area (Å²) in [5.41, 5.74) is 0.493. The van der Waals surface area contributed by atoms with Gasteiger partial charge in [0.1, 0.15) is 16.8 Å². The zero-order chi connectivity index (χ0) is 23.8. The maximum Gasteiger partial charge on any atom is 0.257 e. The second-order valence-electron chi connectivity index (χ2n) is 8.72. The molecule has 9 nitrogen and oxygen atoms in total. The summed E-state index contributed by atoms with van der Waals surface area (Å²) in [5, 5.41) is 5.59. The second-order valence-corrected chi connectivity index (χ2v) is 8.72. The van der Waals surface area contributed by atoms with Crippen molar-refractivity contribution in [1.29, 1.82) is 0 Å². The fraction of sp³-hybridized carbons (Fsp3) is 0.250. The molecule has 0 radical (unpaired) electrons. The van der Waals surface area contributed by atoms with E-state index in [2.05, 4.69) is 10.6 Å². The van der Waals surface area contributed by atoms with Gasteiger partial charge in [-0.3, -0.25) is 24.5 Å². The minimum Gasteiger partial charge on any atom is -0.494 e. The SMILES string of the molecule is COc1ccc2c(c1F)C(=O)N(C[C@@]1(c3cc4c5c(ccc4o3)CNC5=O)CC(=O)NC1=O)C2. The summed E-state index contributed by atoms with van der Waals surface area (Å²) in [6.07, 6.45) is -0.244. The molecule has 1 atom stereocenters. The van der Waals surface area contributed by atoms with Crippen molar-refractivity contribution in [3.05, 3.63) is 64.2 Å². The standard InChI is InChI=1S/C24H18FN3O6/c1-33-15-5-3-12-9-28(22(31)19(12)20(15)25)10-24(7-17(29)27-23(24)32)16-6-13-14(34-16)4-2-11-8-26-21(30)18(11)13/h2-6H,7-10H2,1H3,(H,26,30)(H,27,29,32)/t24-/m1/s1. The highest BCUT2D eigenvalue weighted by atomic mass is 19.1. The zero-order valence-corrected chi connectivity index (χ0v) is 18.0. The molecule has 6 rings (SSSR count). The Labute approximate surface area is 191 Å². The number of nitrogens with zero attached hydrogens (tertiary/aromatic N) is 1. The normalized spacial score (nSPS) is 21.2. The number of hydrogen-bond donors (Lipinski definition) is 2. The summed E-state index contributed by atoms with van der Waals surface area (Å²) in [6.45, 7) is 0.259. The first-order chi connectivity index (χ1) is 16.3. The molecule has 172 valence electrons. The van der Waals surface area contributed by atoms with Crippen molar-refractivity contribution >= 4 is 34.6 Å². The molecule has 2 N–H and O–H groups in total. The van der Waals surface area contributed by atoms with Gasteiger partial charge in [0.25, 0.3) is 11.8 Å². The number of carbonyl (C=O) groups is 4. The van der Waals surface area contributed by atoms with Crippen molar-refractivity contribution in [3.63, 3.8) is 0 Å². The third-order valence-corrected chi connectivity index (χ3v) is 6.81. The van der Waals surface area contributed by atoms with E-state index in [-0.39, 0.29) is 42.5 Å². The van der Waals surface area contributed by atoms with Gasteiger partial charge in [0.2, 0.25) is 11.8 Å². The van der Waals surface area contributed by atoms with Crippen molar-refractivity contribution in [2.45, 2.75) is 24.9 Å². The number of amides is 4. The Balaban J connectivity index is 1.44. The molecule has 2 aromatic carbocycles. The number of methoxy groups -OCH3 is 1. The van der Waals surface area contributed by atoms with Crippen LogP contribution >= 0.6 is 0 Å². The minimum absolute atomic E-state index is 0.0538. The fourth-order valence-electron chi connectivity index (χ4n) is 5.13. The lowest BCUT2D eigenvalue weighted by Crippen LogP contribution is -2.46. The van der Waals surface area contributed by atoms with Gasteiger partial charge in [-0.15, -0.1) is 0 Å². The third-order valence-electron chi connectivity index (χ3n) is 6.81. The van der Waals surface area contributed by atoms with Gasteiger partial charge in [-0.1, -0.05) is 12.1 Å². The van der Waals surface area contributed by atoms with Gasteiger partial charge in [-0.2, -0.15) is 0 Å². The molecule has 3 aliphatic rings. The van der Waals surface area contributed by atoms with Gasteiger partial charge < -0.3 is 19.4 Å². The van der Waals surface area contributed by atoms with Crippen LogP contribution in [0.3, 0.4) is 0 Å². The minimum atomic E-state index is -1.52. The summed E-state index contributed by atoms with van der Waals surface area (Å²) >= 11 is 0. The summed E-state index contributed by atoms with van der Waals surface area (Å²) < 4.78 is 25.8. The monoisotopic (exact) mass is 463 g/mol. The van der Waals surface area contributed by atoms with E-state index in [1.54, 1.807) is 24.3 Å². The number of fused-ring (bicyclic) bond motifs is 4. The highest BCUT2D eigenvalue weighted by Crippen LogP contribution is 2.41. The number of nitrogens with one attached hydrogen (secondary N) is 2. The Morgan fingerprint density at radius 1 is 1.12 bits per heavy atom. The largest absolute Gasteiger partial charge is 0.494 e. The fourth-order valence-corrected chi connectivity index (χ4v) is 5.13. The first-order valence-corrected chi connectivity index (χ1v) is 10.7. The van der Waals surface area contributed by atoms with Gasteiger partial charge in [-0.05, 0) is 29.3 Å². The Morgan fingerprint density at radius 3 is 2.65 bits per heavy atom. The number of carbonyl (C=O) groups excluding carboxylic acids is 4. The number of ether oxygens (including phenoxy) is 1. The maximum absolute atomic E-state index is 14.8. The van der Waals surface area contributed by atoms with Crippen molar-refractivity contribution in [1.82, 2.24) is 15.5 Å². The third kappa shape index (κ3) is 2.65. The van der Waals surface area contributed by atoms with Gasteiger partial charge in [-0.25, -0.2) is 4.39 Å². The lowest BCUT2D eigenvalue weighted by atomic mass is 9.82. The molecule has 0 spiro atoms. The van der Waals surface area contributed by atoms with E-state index in [0.29, 0.717) is 28.6 Å². The van der Waals surface area contributed by atoms with Crippen LogP contribution in [0.1, 0.15) is 44.0 Å². The Hall–Kier alpha value is -4.21. The van der Waals surface area contributed by atoms with E-state index in [1.807, 2.05) is 0 Å². The van der Waals surface area contributed by atoms with Crippen LogP contribution in [0.4, 0.5) is 4.39 Å². The van der Waals surface area contributed by atoms with Gasteiger partial charge in [0.15, 0.2) is 11.6 Å². The van der Waals surface area contributed by atoms with Crippen molar-refractivity contribution in [2.75, 3.05) is 13.7 Å². The van der Waals surface area contributed by atoms with Gasteiger partial charge >= 0.3 is 0 Å². The number of furan rings is 1. The summed E-state index contributed by atoms with van der Waals surface area (Å²) in [6, 6.07) is 8.11. The Kier molecular flexibility index (Phi) is 4.14. The molecule has 4 amide bonds. The molecule has 1 fully saturated rings. The van der Waals surface area contributed by atoms with Crippen LogP contribution in [0.25, 0.3) is 11.0 Å². The lowest BCUT2D eigenvalue weighted by molar-refractivity contribution is -0.127. The number of halogens is 1. The van der Waals surface area contributed by atoms with Crippen LogP contribution < -0.4 is 15.4 Å². The van der Waals surface area contributed by atoms with Gasteiger partial charge in [0.05, 0.1) is 24.7 Å². The van der Waals surface area contributed by atoms with E-state index in [4.69, 9.17) is 9.15 Å². The van der Waals surface area contributed by atoms with Crippen LogP contribution in [-0.2, 0) is 28.1 Å². The second kappa shape index (κ2) is 6.89. The maximum atomic E-state index is 14.8. The number of benzene rings is 2.